The second-order valence-corrected chi connectivity index (χ2v) is 40.2. The van der Waals surface area contributed by atoms with Gasteiger partial charge in [-0.2, -0.15) is 0 Å². The van der Waals surface area contributed by atoms with Crippen LogP contribution in [0.15, 0.2) is 206 Å². The van der Waals surface area contributed by atoms with Crippen LogP contribution in [-0.2, 0) is 39.9 Å². The minimum atomic E-state index is -0.489. The number of aryl methyl sites for hydroxylation is 13. The van der Waals surface area contributed by atoms with Crippen LogP contribution in [0, 0.1) is 76.2 Å². The second kappa shape index (κ2) is 41.0. The fourth-order valence-corrected chi connectivity index (χ4v) is 19.9. The minimum absolute atomic E-state index is 0.0208. The van der Waals surface area contributed by atoms with Crippen molar-refractivity contribution in [3.63, 3.8) is 0 Å². The number of benzene rings is 11. The number of nitrogens with zero attached hydrogens (tertiary/aromatic N) is 2. The van der Waals surface area contributed by atoms with Crippen molar-refractivity contribution in [3.05, 3.63) is 329 Å². The van der Waals surface area contributed by atoms with Gasteiger partial charge in [0.25, 0.3) is 0 Å². The van der Waals surface area contributed by atoms with Crippen molar-refractivity contribution in [1.29, 1.82) is 0 Å². The Labute approximate surface area is 737 Å². The van der Waals surface area contributed by atoms with Gasteiger partial charge >= 0.3 is 0 Å². The van der Waals surface area contributed by atoms with Gasteiger partial charge in [0.15, 0.2) is 0 Å². The van der Waals surface area contributed by atoms with Gasteiger partial charge in [-0.15, -0.1) is 0 Å². The van der Waals surface area contributed by atoms with Crippen molar-refractivity contribution in [1.82, 2.24) is 0 Å². The lowest BCUT2D eigenvalue weighted by Gasteiger charge is -2.35. The van der Waals surface area contributed by atoms with E-state index in [0.717, 1.165) is 22.7 Å². The largest absolute Gasteiger partial charge is 0.310 e. The number of fused-ring (bicyclic) bond motifs is 6. The fourth-order valence-electron chi connectivity index (χ4n) is 19.9. The van der Waals surface area contributed by atoms with Crippen molar-refractivity contribution in [2.24, 2.45) is 0 Å². The Bertz CT molecular complexity index is 5020. The maximum atomic E-state index is 2.53. The number of anilines is 6. The first-order chi connectivity index (χ1) is 57.8. The molecule has 0 aliphatic heterocycles. The summed E-state index contributed by atoms with van der Waals surface area (Å²) in [4.78, 5) is 4.96. The predicted molar refractivity (Wildman–Crippen MR) is 532 cm³/mol. The first kappa shape index (κ1) is 92.7. The monoisotopic (exact) mass is 1610 g/mol. The smallest absolute Gasteiger partial charge is 0.0713 e. The zero-order valence-electron chi connectivity index (χ0n) is 80.0. The van der Waals surface area contributed by atoms with Crippen molar-refractivity contribution in [3.8, 4) is 22.3 Å². The van der Waals surface area contributed by atoms with E-state index in [-0.39, 0.29) is 21.7 Å². The summed E-state index contributed by atoms with van der Waals surface area (Å²) < 4.78 is 0. The molecular weight excluding hydrogens is 1460 g/mol. The molecule has 640 valence electrons. The zero-order valence-corrected chi connectivity index (χ0v) is 80.0. The molecule has 0 heterocycles. The lowest BCUT2D eigenvalue weighted by molar-refractivity contribution is 0.397. The highest BCUT2D eigenvalue weighted by molar-refractivity contribution is 5.89. The van der Waals surface area contributed by atoms with E-state index in [1.807, 2.05) is 0 Å². The summed E-state index contributed by atoms with van der Waals surface area (Å²) in [7, 11) is 0. The normalized spacial score (nSPS) is 13.1. The van der Waals surface area contributed by atoms with Gasteiger partial charge in [0, 0.05) is 28.2 Å². The van der Waals surface area contributed by atoms with Crippen molar-refractivity contribution in [2.75, 3.05) is 9.80 Å². The lowest BCUT2D eigenvalue weighted by Crippen LogP contribution is -2.29. The number of hydrogen-bond donors (Lipinski definition) is 0. The Kier molecular flexibility index (Phi) is 31.4. The molecule has 0 radical (unpaired) electrons. The van der Waals surface area contributed by atoms with E-state index in [9.17, 15) is 0 Å². The van der Waals surface area contributed by atoms with Gasteiger partial charge in [-0.05, 0) is 296 Å². The van der Waals surface area contributed by atoms with E-state index < -0.39 is 5.41 Å². The van der Waals surface area contributed by atoms with Crippen LogP contribution in [0.1, 0.15) is 354 Å². The summed E-state index contributed by atoms with van der Waals surface area (Å²) >= 11 is 0. The third kappa shape index (κ3) is 21.6. The van der Waals surface area contributed by atoms with Crippen LogP contribution in [-0.4, -0.2) is 0 Å². The molecular formula is C119H154N2. The van der Waals surface area contributed by atoms with E-state index in [4.69, 9.17) is 0 Å². The van der Waals surface area contributed by atoms with Crippen LogP contribution in [0.5, 0.6) is 0 Å². The van der Waals surface area contributed by atoms with E-state index in [2.05, 4.69) is 382 Å². The summed E-state index contributed by atoms with van der Waals surface area (Å²) in [5.41, 5.74) is 42.8. The SMILES string of the molecule is CCCCCCCCC1(CCCCCCCC)c2cc(C)ccc2-c2ccc(C)cc21.CCCCCCc1cc(C)c(CCCCCC)cc1C.Cc1ccc(C2(c3ccc(N(c4ccc(N(c5ccc(C(C)(C)C)cc5)c5c(C)cc(C(C)(C)C)cc5C)cc4)c4c(C)cc(C(C)(C)C)cc4C)cc3)c3cc(C)ccc3-c3ccc(C)cc32)cc1. The fraction of sp³-hybridized carbons (Fsp3) is 0.445. The second-order valence-electron chi connectivity index (χ2n) is 40.2. The molecule has 0 aromatic heterocycles. The topological polar surface area (TPSA) is 6.48 Å². The van der Waals surface area contributed by atoms with Crippen LogP contribution in [0.3, 0.4) is 0 Å². The summed E-state index contributed by atoms with van der Waals surface area (Å²) in [6, 6.07) is 80.4. The molecule has 0 N–H and O–H groups in total. The molecule has 11 aromatic rings. The number of hydrogen-bond acceptors (Lipinski definition) is 2. The average Bonchev–Trinajstić information content (AvgIpc) is 1.54. The predicted octanol–water partition coefficient (Wildman–Crippen LogP) is 35.7. The molecule has 0 saturated carbocycles. The third-order valence-electron chi connectivity index (χ3n) is 27.0. The zero-order chi connectivity index (χ0) is 87.1. The van der Waals surface area contributed by atoms with E-state index in [0.29, 0.717) is 0 Å². The first-order valence-corrected chi connectivity index (χ1v) is 47.5. The molecule has 0 spiro atoms. The molecule has 0 saturated heterocycles. The quantitative estimate of drug-likeness (QED) is 0.0388. The Balaban J connectivity index is 0.000000229. The van der Waals surface area contributed by atoms with Crippen molar-refractivity contribution < 1.29 is 0 Å². The van der Waals surface area contributed by atoms with Gasteiger partial charge in [0.05, 0.1) is 16.8 Å². The average molecular weight is 1610 g/mol. The summed E-state index contributed by atoms with van der Waals surface area (Å²) in [6.07, 6.45) is 32.7. The Hall–Kier alpha value is -8.98. The minimum Gasteiger partial charge on any atom is -0.310 e. The summed E-state index contributed by atoms with van der Waals surface area (Å²) in [6.45, 7) is 54.8. The van der Waals surface area contributed by atoms with Crippen LogP contribution in [0.4, 0.5) is 34.1 Å². The maximum absolute atomic E-state index is 2.53. The molecule has 2 aliphatic carbocycles. The highest BCUT2D eigenvalue weighted by atomic mass is 15.2. The standard InChI is InChI=1S/C68H74N2.C31H46.C20H34/c1-43-17-21-51(22-18-43)68(61-37-44(2)19-35-59(61)60-36-20-45(3)38-62(60)68)52-25-29-56(30-26-52)70(64-48(6)41-54(42-49(64)7)67(14,15)16)58-33-31-57(32-34-58)69(55-27-23-50(24-28-55)65(8,9)10)63-46(4)39-53(40-47(63)5)66(11,12)13;1-5-7-9-11-13-15-21-31(22-16-14-12-10-8-6-2)29-23-25(3)17-19-27(29)28-20-18-26(4)24-30(28)31;1-5-7-9-11-13-19-15-18(4)20(16-17(19)3)14-12-10-8-6-2/h17-42H,1-16H3;17-20,23-24H,5-16,21-22H2,1-4H3;15-16H,5-14H2,1-4H3. The molecule has 2 heteroatoms. The lowest BCUT2D eigenvalue weighted by atomic mass is 9.67. The highest BCUT2D eigenvalue weighted by Crippen LogP contribution is 2.59. The van der Waals surface area contributed by atoms with E-state index in [1.165, 1.54) is 288 Å². The van der Waals surface area contributed by atoms with Gasteiger partial charge in [-0.1, -0.05) is 391 Å². The Morgan fingerprint density at radius 2 is 0.504 bits per heavy atom. The van der Waals surface area contributed by atoms with E-state index in [1.54, 1.807) is 22.3 Å². The Morgan fingerprint density at radius 1 is 0.240 bits per heavy atom. The van der Waals surface area contributed by atoms with E-state index >= 15 is 0 Å². The molecule has 0 fully saturated rings. The first-order valence-electron chi connectivity index (χ1n) is 47.5. The van der Waals surface area contributed by atoms with Crippen LogP contribution >= 0.6 is 0 Å². The van der Waals surface area contributed by atoms with Crippen LogP contribution < -0.4 is 9.80 Å². The van der Waals surface area contributed by atoms with Gasteiger partial charge in [-0.25, -0.2) is 0 Å². The van der Waals surface area contributed by atoms with Crippen LogP contribution in [0.25, 0.3) is 22.3 Å². The Morgan fingerprint density at radius 3 is 0.826 bits per heavy atom. The van der Waals surface area contributed by atoms with Crippen molar-refractivity contribution >= 4 is 34.1 Å². The molecule has 0 atom stereocenters. The molecule has 121 heavy (non-hydrogen) atoms. The molecule has 0 unspecified atom stereocenters. The molecule has 2 nitrogen and oxygen atoms in total. The molecule has 13 rings (SSSR count). The molecule has 2 aliphatic rings. The maximum Gasteiger partial charge on any atom is 0.0713 e. The summed E-state index contributed by atoms with van der Waals surface area (Å²) in [5.74, 6) is 0. The van der Waals surface area contributed by atoms with Crippen molar-refractivity contribution in [2.45, 2.75) is 347 Å². The number of rotatable bonds is 32. The van der Waals surface area contributed by atoms with Gasteiger partial charge in [0.1, 0.15) is 0 Å². The summed E-state index contributed by atoms with van der Waals surface area (Å²) in [5, 5.41) is 0. The van der Waals surface area contributed by atoms with Gasteiger partial charge in [0.2, 0.25) is 0 Å². The molecule has 11 aromatic carbocycles. The molecule has 0 amide bonds. The number of unbranched alkanes of at least 4 members (excludes halogenated alkanes) is 16. The van der Waals surface area contributed by atoms with Gasteiger partial charge in [-0.3, -0.25) is 0 Å². The van der Waals surface area contributed by atoms with Gasteiger partial charge < -0.3 is 9.80 Å². The third-order valence-corrected chi connectivity index (χ3v) is 27.0. The van der Waals surface area contributed by atoms with Crippen LogP contribution in [0.2, 0.25) is 0 Å². The molecule has 0 bridgehead atoms. The highest BCUT2D eigenvalue weighted by Gasteiger charge is 2.47.